The largest absolute Gasteiger partial charge is 0.381 e. The summed E-state index contributed by atoms with van der Waals surface area (Å²) in [6.45, 7) is 8.32. The number of aliphatic imine (C=N–C) groups is 1. The fourth-order valence-corrected chi connectivity index (χ4v) is 3.08. The van der Waals surface area contributed by atoms with Crippen LogP contribution in [0, 0.1) is 6.92 Å². The molecule has 0 aliphatic carbocycles. The van der Waals surface area contributed by atoms with Gasteiger partial charge in [0.15, 0.2) is 5.96 Å². The number of hydrogen-bond acceptors (Lipinski definition) is 3. The third-order valence-corrected chi connectivity index (χ3v) is 4.97. The summed E-state index contributed by atoms with van der Waals surface area (Å²) in [4.78, 5) is 7.09. The van der Waals surface area contributed by atoms with Crippen molar-refractivity contribution in [2.45, 2.75) is 38.8 Å². The summed E-state index contributed by atoms with van der Waals surface area (Å²) in [6, 6.07) is 8.41. The zero-order chi connectivity index (χ0) is 17.4. The van der Waals surface area contributed by atoms with Gasteiger partial charge in [0.05, 0.1) is 6.54 Å². The molecule has 0 bridgehead atoms. The van der Waals surface area contributed by atoms with Gasteiger partial charge in [-0.3, -0.25) is 0 Å². The van der Waals surface area contributed by atoms with Crippen LogP contribution in [0.3, 0.4) is 0 Å². The Morgan fingerprint density at radius 3 is 2.54 bits per heavy atom. The number of guanidine groups is 1. The fourth-order valence-electron chi connectivity index (χ4n) is 3.08. The first-order valence-electron chi connectivity index (χ1n) is 8.89. The summed E-state index contributed by atoms with van der Waals surface area (Å²) in [5.74, 6) is 0.883. The SMILES string of the molecule is CCNC(=NCc1ccccc1C)NCC1(N(C)C)CCOCC1. The number of rotatable bonds is 6. The number of nitrogens with zero attached hydrogens (tertiary/aromatic N) is 2. The minimum absolute atomic E-state index is 0.136. The molecule has 1 aromatic rings. The third-order valence-electron chi connectivity index (χ3n) is 4.97. The van der Waals surface area contributed by atoms with Crippen LogP contribution >= 0.6 is 0 Å². The molecule has 5 nitrogen and oxygen atoms in total. The number of ether oxygens (including phenoxy) is 1. The van der Waals surface area contributed by atoms with E-state index in [2.05, 4.69) is 67.7 Å². The van der Waals surface area contributed by atoms with Gasteiger partial charge in [0, 0.05) is 31.8 Å². The summed E-state index contributed by atoms with van der Waals surface area (Å²) in [5.41, 5.74) is 2.69. The van der Waals surface area contributed by atoms with E-state index in [4.69, 9.17) is 9.73 Å². The van der Waals surface area contributed by atoms with Gasteiger partial charge in [-0.1, -0.05) is 24.3 Å². The molecule has 1 saturated heterocycles. The van der Waals surface area contributed by atoms with Gasteiger partial charge >= 0.3 is 0 Å². The Balaban J connectivity index is 2.02. The van der Waals surface area contributed by atoms with Gasteiger partial charge < -0.3 is 20.3 Å². The topological polar surface area (TPSA) is 48.9 Å². The zero-order valence-electron chi connectivity index (χ0n) is 15.6. The smallest absolute Gasteiger partial charge is 0.191 e. The van der Waals surface area contributed by atoms with Crippen LogP contribution in [0.4, 0.5) is 0 Å². The third kappa shape index (κ3) is 4.95. The van der Waals surface area contributed by atoms with Crippen molar-refractivity contribution in [2.24, 2.45) is 4.99 Å². The maximum atomic E-state index is 5.55. The van der Waals surface area contributed by atoms with Crippen LogP contribution in [0.5, 0.6) is 0 Å². The van der Waals surface area contributed by atoms with E-state index in [-0.39, 0.29) is 5.54 Å². The highest BCUT2D eigenvalue weighted by molar-refractivity contribution is 5.79. The molecule has 0 atom stereocenters. The van der Waals surface area contributed by atoms with Crippen molar-refractivity contribution < 1.29 is 4.74 Å². The van der Waals surface area contributed by atoms with E-state index in [1.807, 2.05) is 0 Å². The number of hydrogen-bond donors (Lipinski definition) is 2. The van der Waals surface area contributed by atoms with Crippen LogP contribution in [0.15, 0.2) is 29.3 Å². The summed E-state index contributed by atoms with van der Waals surface area (Å²) in [6.07, 6.45) is 2.09. The fraction of sp³-hybridized carbons (Fsp3) is 0.632. The van der Waals surface area contributed by atoms with Crippen LogP contribution in [-0.4, -0.2) is 56.8 Å². The normalized spacial score (nSPS) is 17.8. The average molecular weight is 332 g/mol. The molecule has 1 aliphatic heterocycles. The average Bonchev–Trinajstić information content (AvgIpc) is 2.59. The van der Waals surface area contributed by atoms with E-state index in [0.717, 1.165) is 45.1 Å². The first kappa shape index (κ1) is 18.7. The van der Waals surface area contributed by atoms with Crippen LogP contribution in [0.25, 0.3) is 0 Å². The van der Waals surface area contributed by atoms with Crippen molar-refractivity contribution >= 4 is 5.96 Å². The molecule has 0 unspecified atom stereocenters. The van der Waals surface area contributed by atoms with Crippen molar-refractivity contribution in [2.75, 3.05) is 40.4 Å². The van der Waals surface area contributed by atoms with E-state index >= 15 is 0 Å². The number of aryl methyl sites for hydroxylation is 1. The minimum Gasteiger partial charge on any atom is -0.381 e. The first-order chi connectivity index (χ1) is 11.6. The lowest BCUT2D eigenvalue weighted by Crippen LogP contribution is -2.57. The Morgan fingerprint density at radius 2 is 1.92 bits per heavy atom. The highest BCUT2D eigenvalue weighted by Gasteiger charge is 2.34. The molecule has 0 spiro atoms. The molecule has 1 aromatic carbocycles. The maximum absolute atomic E-state index is 5.55. The maximum Gasteiger partial charge on any atom is 0.191 e. The number of likely N-dealkylation sites (N-methyl/N-ethyl adjacent to an activating group) is 1. The van der Waals surface area contributed by atoms with Crippen LogP contribution in [0.2, 0.25) is 0 Å². The Labute approximate surface area is 146 Å². The molecular weight excluding hydrogens is 300 g/mol. The highest BCUT2D eigenvalue weighted by atomic mass is 16.5. The predicted molar refractivity (Wildman–Crippen MR) is 100 cm³/mol. The van der Waals surface area contributed by atoms with Crippen molar-refractivity contribution in [1.29, 1.82) is 0 Å². The molecule has 2 rings (SSSR count). The van der Waals surface area contributed by atoms with Gasteiger partial charge in [-0.25, -0.2) is 4.99 Å². The second kappa shape index (κ2) is 9.04. The van der Waals surface area contributed by atoms with Crippen LogP contribution in [0.1, 0.15) is 30.9 Å². The number of benzene rings is 1. The van der Waals surface area contributed by atoms with Crippen LogP contribution in [-0.2, 0) is 11.3 Å². The molecule has 24 heavy (non-hydrogen) atoms. The molecule has 5 heteroatoms. The zero-order valence-corrected chi connectivity index (χ0v) is 15.6. The summed E-state index contributed by atoms with van der Waals surface area (Å²) >= 11 is 0. The van der Waals surface area contributed by atoms with E-state index in [9.17, 15) is 0 Å². The molecule has 0 amide bonds. The van der Waals surface area contributed by atoms with Gasteiger partial charge in [0.1, 0.15) is 0 Å². The minimum atomic E-state index is 0.136. The van der Waals surface area contributed by atoms with Crippen molar-refractivity contribution in [3.8, 4) is 0 Å². The molecule has 1 heterocycles. The van der Waals surface area contributed by atoms with Gasteiger partial charge in [-0.2, -0.15) is 0 Å². The second-order valence-electron chi connectivity index (χ2n) is 6.71. The van der Waals surface area contributed by atoms with E-state index in [1.165, 1.54) is 11.1 Å². The van der Waals surface area contributed by atoms with Crippen molar-refractivity contribution in [1.82, 2.24) is 15.5 Å². The number of nitrogens with one attached hydrogen (secondary N) is 2. The van der Waals surface area contributed by atoms with Crippen LogP contribution < -0.4 is 10.6 Å². The molecule has 2 N–H and O–H groups in total. The van der Waals surface area contributed by atoms with E-state index in [1.54, 1.807) is 0 Å². The van der Waals surface area contributed by atoms with Crippen molar-refractivity contribution in [3.05, 3.63) is 35.4 Å². The quantitative estimate of drug-likeness (QED) is 0.619. The van der Waals surface area contributed by atoms with Crippen molar-refractivity contribution in [3.63, 3.8) is 0 Å². The van der Waals surface area contributed by atoms with Gasteiger partial charge in [-0.05, 0) is 51.9 Å². The summed E-state index contributed by atoms with van der Waals surface area (Å²) in [5, 5.41) is 6.90. The summed E-state index contributed by atoms with van der Waals surface area (Å²) < 4.78 is 5.55. The predicted octanol–water partition coefficient (Wildman–Crippen LogP) is 2.16. The lowest BCUT2D eigenvalue weighted by Gasteiger charge is -2.43. The van der Waals surface area contributed by atoms with Gasteiger partial charge in [0.2, 0.25) is 0 Å². The molecule has 1 fully saturated rings. The monoisotopic (exact) mass is 332 g/mol. The Kier molecular flexibility index (Phi) is 7.06. The second-order valence-corrected chi connectivity index (χ2v) is 6.71. The molecule has 1 aliphatic rings. The Morgan fingerprint density at radius 1 is 1.21 bits per heavy atom. The molecular formula is C19H32N4O. The van der Waals surface area contributed by atoms with E-state index in [0.29, 0.717) is 6.54 Å². The Hall–Kier alpha value is -1.59. The lowest BCUT2D eigenvalue weighted by molar-refractivity contribution is -0.00501. The molecule has 0 radical (unpaired) electrons. The Bertz CT molecular complexity index is 536. The first-order valence-corrected chi connectivity index (χ1v) is 8.89. The summed E-state index contributed by atoms with van der Waals surface area (Å²) in [7, 11) is 4.31. The molecule has 134 valence electrons. The lowest BCUT2D eigenvalue weighted by atomic mass is 9.88. The molecule has 0 aromatic heterocycles. The molecule has 0 saturated carbocycles. The standard InChI is InChI=1S/C19H32N4O/c1-5-20-18(21-14-17-9-7-6-8-16(17)2)22-15-19(23(3)4)10-12-24-13-11-19/h6-9H,5,10-15H2,1-4H3,(H2,20,21,22). The van der Waals surface area contributed by atoms with Gasteiger partial charge in [-0.15, -0.1) is 0 Å². The van der Waals surface area contributed by atoms with E-state index < -0.39 is 0 Å². The highest BCUT2D eigenvalue weighted by Crippen LogP contribution is 2.25. The van der Waals surface area contributed by atoms with Gasteiger partial charge in [0.25, 0.3) is 0 Å².